The van der Waals surface area contributed by atoms with Crippen molar-refractivity contribution in [2.24, 2.45) is 4.99 Å². The summed E-state index contributed by atoms with van der Waals surface area (Å²) in [5.41, 5.74) is 2.10. The number of hydrogen-bond donors (Lipinski definition) is 2. The number of nitrogens with zero attached hydrogens (tertiary/aromatic N) is 2. The van der Waals surface area contributed by atoms with E-state index in [2.05, 4.69) is 22.5 Å². The number of anilines is 1. The molecular weight excluding hydrogens is 495 g/mol. The lowest BCUT2D eigenvalue weighted by Crippen LogP contribution is -2.38. The lowest BCUT2D eigenvalue weighted by atomic mass is 10.2. The van der Waals surface area contributed by atoms with Crippen molar-refractivity contribution >= 4 is 41.5 Å². The summed E-state index contributed by atoms with van der Waals surface area (Å²) in [6.07, 6.45) is 5.08. The zero-order chi connectivity index (χ0) is 20.3. The molecule has 168 valence electrons. The fraction of sp³-hybridized carbons (Fsp3) is 0.636. The Morgan fingerprint density at radius 3 is 2.77 bits per heavy atom. The first-order valence-corrected chi connectivity index (χ1v) is 10.9. The molecule has 2 heterocycles. The van der Waals surface area contributed by atoms with Crippen LogP contribution in [0.25, 0.3) is 0 Å². The number of carbonyl (C=O) groups excluding carboxylic acids is 1. The molecule has 0 saturated carbocycles. The van der Waals surface area contributed by atoms with Crippen LogP contribution < -0.4 is 15.5 Å². The smallest absolute Gasteiger partial charge is 0.227 e. The van der Waals surface area contributed by atoms with Gasteiger partial charge in [0.1, 0.15) is 0 Å². The molecule has 2 saturated heterocycles. The Bertz CT molecular complexity index is 663. The minimum atomic E-state index is 0. The molecule has 0 radical (unpaired) electrons. The van der Waals surface area contributed by atoms with Crippen molar-refractivity contribution in [3.63, 3.8) is 0 Å². The van der Waals surface area contributed by atoms with E-state index in [-0.39, 0.29) is 36.0 Å². The number of ether oxygens (including phenoxy) is 2. The Hall–Kier alpha value is -1.39. The molecule has 2 N–H and O–H groups in total. The molecule has 1 atom stereocenters. The van der Waals surface area contributed by atoms with Crippen molar-refractivity contribution in [2.75, 3.05) is 44.4 Å². The van der Waals surface area contributed by atoms with Crippen LogP contribution in [0.1, 0.15) is 44.6 Å². The van der Waals surface area contributed by atoms with E-state index in [1.54, 1.807) is 0 Å². The Morgan fingerprint density at radius 2 is 2.10 bits per heavy atom. The standard InChI is InChI=1S/C22H34N4O3.HI/c1-2-23-22(24-12-5-14-28-17-20-6-4-15-29-20)25-16-18-8-10-19(11-9-18)26-13-3-7-21(26)27;/h8-11,20H,2-7,12-17H2,1H3,(H2,23,24,25);1H. The van der Waals surface area contributed by atoms with Crippen LogP contribution in [0.15, 0.2) is 29.3 Å². The van der Waals surface area contributed by atoms with Gasteiger partial charge in [-0.15, -0.1) is 24.0 Å². The molecule has 30 heavy (non-hydrogen) atoms. The minimum Gasteiger partial charge on any atom is -0.379 e. The largest absolute Gasteiger partial charge is 0.379 e. The van der Waals surface area contributed by atoms with Gasteiger partial charge in [-0.2, -0.15) is 0 Å². The van der Waals surface area contributed by atoms with Gasteiger partial charge in [-0.05, 0) is 50.3 Å². The molecule has 1 unspecified atom stereocenters. The van der Waals surface area contributed by atoms with Gasteiger partial charge in [0.15, 0.2) is 5.96 Å². The number of hydrogen-bond acceptors (Lipinski definition) is 4. The predicted molar refractivity (Wildman–Crippen MR) is 131 cm³/mol. The normalized spacial score (nSPS) is 19.1. The number of halogens is 1. The lowest BCUT2D eigenvalue weighted by molar-refractivity contribution is -0.117. The first-order chi connectivity index (χ1) is 14.3. The quantitative estimate of drug-likeness (QED) is 0.211. The van der Waals surface area contributed by atoms with E-state index < -0.39 is 0 Å². The Labute approximate surface area is 197 Å². The fourth-order valence-electron chi connectivity index (χ4n) is 3.59. The van der Waals surface area contributed by atoms with E-state index in [0.717, 1.165) is 75.7 Å². The third-order valence-electron chi connectivity index (χ3n) is 5.17. The van der Waals surface area contributed by atoms with Crippen LogP contribution >= 0.6 is 24.0 Å². The Morgan fingerprint density at radius 1 is 1.27 bits per heavy atom. The van der Waals surface area contributed by atoms with Gasteiger partial charge in [0.05, 0.1) is 19.3 Å². The molecule has 8 heteroatoms. The van der Waals surface area contributed by atoms with E-state index in [9.17, 15) is 4.79 Å². The van der Waals surface area contributed by atoms with Crippen molar-refractivity contribution in [1.29, 1.82) is 0 Å². The van der Waals surface area contributed by atoms with Crippen molar-refractivity contribution in [1.82, 2.24) is 10.6 Å². The summed E-state index contributed by atoms with van der Waals surface area (Å²) >= 11 is 0. The summed E-state index contributed by atoms with van der Waals surface area (Å²) in [6, 6.07) is 8.12. The molecule has 0 aliphatic carbocycles. The van der Waals surface area contributed by atoms with E-state index in [4.69, 9.17) is 9.47 Å². The van der Waals surface area contributed by atoms with Gasteiger partial charge in [0.2, 0.25) is 5.91 Å². The van der Waals surface area contributed by atoms with Gasteiger partial charge in [-0.3, -0.25) is 4.79 Å². The molecule has 3 rings (SSSR count). The SMILES string of the molecule is CCNC(=NCc1ccc(N2CCCC2=O)cc1)NCCCOCC1CCCO1.I. The topological polar surface area (TPSA) is 75.2 Å². The second kappa shape index (κ2) is 13.8. The summed E-state index contributed by atoms with van der Waals surface area (Å²) < 4.78 is 11.3. The highest BCUT2D eigenvalue weighted by Crippen LogP contribution is 2.21. The second-order valence-corrected chi connectivity index (χ2v) is 7.50. The molecular formula is C22H35IN4O3. The third kappa shape index (κ3) is 8.03. The number of nitrogens with one attached hydrogen (secondary N) is 2. The molecule has 2 fully saturated rings. The van der Waals surface area contributed by atoms with Crippen LogP contribution in [0.2, 0.25) is 0 Å². The van der Waals surface area contributed by atoms with Crippen LogP contribution in [-0.2, 0) is 20.8 Å². The van der Waals surface area contributed by atoms with Gasteiger partial charge in [0.25, 0.3) is 0 Å². The molecule has 1 aromatic carbocycles. The number of aliphatic imine (C=N–C) groups is 1. The van der Waals surface area contributed by atoms with Crippen LogP contribution in [0, 0.1) is 0 Å². The monoisotopic (exact) mass is 530 g/mol. The van der Waals surface area contributed by atoms with Crippen LogP contribution in [-0.4, -0.2) is 57.4 Å². The maximum Gasteiger partial charge on any atom is 0.227 e. The molecule has 2 aliphatic rings. The maximum atomic E-state index is 11.9. The third-order valence-corrected chi connectivity index (χ3v) is 5.17. The van der Waals surface area contributed by atoms with Gasteiger partial charge >= 0.3 is 0 Å². The molecule has 0 bridgehead atoms. The van der Waals surface area contributed by atoms with Crippen LogP contribution in [0.4, 0.5) is 5.69 Å². The molecule has 2 aliphatic heterocycles. The van der Waals surface area contributed by atoms with E-state index in [1.807, 2.05) is 29.2 Å². The number of amides is 1. The molecule has 1 aromatic rings. The molecule has 0 spiro atoms. The number of carbonyl (C=O) groups is 1. The minimum absolute atomic E-state index is 0. The van der Waals surface area contributed by atoms with Crippen molar-refractivity contribution < 1.29 is 14.3 Å². The van der Waals surface area contributed by atoms with Gasteiger partial charge in [0, 0.05) is 45.0 Å². The number of guanidine groups is 1. The fourth-order valence-corrected chi connectivity index (χ4v) is 3.59. The van der Waals surface area contributed by atoms with E-state index >= 15 is 0 Å². The first-order valence-electron chi connectivity index (χ1n) is 10.9. The van der Waals surface area contributed by atoms with Gasteiger partial charge < -0.3 is 25.0 Å². The van der Waals surface area contributed by atoms with Crippen LogP contribution in [0.5, 0.6) is 0 Å². The summed E-state index contributed by atoms with van der Waals surface area (Å²) in [4.78, 5) is 18.4. The molecule has 7 nitrogen and oxygen atoms in total. The average molecular weight is 530 g/mol. The van der Waals surface area contributed by atoms with E-state index in [1.165, 1.54) is 0 Å². The zero-order valence-corrected chi connectivity index (χ0v) is 20.2. The summed E-state index contributed by atoms with van der Waals surface area (Å²) in [6.45, 7) is 7.41. The highest BCUT2D eigenvalue weighted by Gasteiger charge is 2.21. The van der Waals surface area contributed by atoms with Gasteiger partial charge in [-0.25, -0.2) is 4.99 Å². The average Bonchev–Trinajstić information content (AvgIpc) is 3.41. The maximum absolute atomic E-state index is 11.9. The Kier molecular flexibility index (Phi) is 11.5. The van der Waals surface area contributed by atoms with E-state index in [0.29, 0.717) is 19.6 Å². The van der Waals surface area contributed by atoms with Crippen LogP contribution in [0.3, 0.4) is 0 Å². The highest BCUT2D eigenvalue weighted by molar-refractivity contribution is 14.0. The summed E-state index contributed by atoms with van der Waals surface area (Å²) in [7, 11) is 0. The first kappa shape index (κ1) is 24.9. The lowest BCUT2D eigenvalue weighted by Gasteiger charge is -2.16. The van der Waals surface area contributed by atoms with Crippen molar-refractivity contribution in [3.05, 3.63) is 29.8 Å². The highest BCUT2D eigenvalue weighted by atomic mass is 127. The van der Waals surface area contributed by atoms with Crippen molar-refractivity contribution in [3.8, 4) is 0 Å². The molecule has 1 amide bonds. The van der Waals surface area contributed by atoms with Crippen molar-refractivity contribution in [2.45, 2.75) is 51.7 Å². The Balaban J connectivity index is 0.00000320. The molecule has 0 aromatic heterocycles. The zero-order valence-electron chi connectivity index (χ0n) is 17.9. The van der Waals surface area contributed by atoms with Gasteiger partial charge in [-0.1, -0.05) is 12.1 Å². The summed E-state index contributed by atoms with van der Waals surface area (Å²) in [5, 5.41) is 6.63. The number of benzene rings is 1. The second-order valence-electron chi connectivity index (χ2n) is 7.50. The predicted octanol–water partition coefficient (Wildman–Crippen LogP) is 3.07. The summed E-state index contributed by atoms with van der Waals surface area (Å²) in [5.74, 6) is 1.03. The number of rotatable bonds is 10.